The summed E-state index contributed by atoms with van der Waals surface area (Å²) in [6.07, 6.45) is 1.70. The van der Waals surface area contributed by atoms with E-state index in [1.54, 1.807) is 24.9 Å². The number of aryl methyl sites for hydroxylation is 1. The first-order valence-electron chi connectivity index (χ1n) is 12.9. The number of benzene rings is 4. The molecule has 0 aliphatic carbocycles. The van der Waals surface area contributed by atoms with Gasteiger partial charge in [-0.2, -0.15) is 0 Å². The van der Waals surface area contributed by atoms with Crippen LogP contribution >= 0.6 is 23.5 Å². The largest absolute Gasteiger partial charge is 0.493 e. The molecule has 1 heterocycles. The Hall–Kier alpha value is -3.88. The zero-order chi connectivity index (χ0) is 27.9. The molecule has 1 fully saturated rings. The van der Waals surface area contributed by atoms with Gasteiger partial charge in [0, 0.05) is 10.6 Å². The molecule has 4 aromatic carbocycles. The van der Waals surface area contributed by atoms with Gasteiger partial charge in [0.05, 0.1) is 25.2 Å². The molecule has 0 radical (unpaired) electrons. The van der Waals surface area contributed by atoms with E-state index in [0.717, 1.165) is 28.6 Å². The van der Waals surface area contributed by atoms with Crippen LogP contribution in [0.5, 0.6) is 17.2 Å². The number of rotatable bonds is 11. The summed E-state index contributed by atoms with van der Waals surface area (Å²) in [6.45, 7) is 2.92. The number of thioether (sulfide) groups is 2. The summed E-state index contributed by atoms with van der Waals surface area (Å²) in [4.78, 5) is 28.2. The van der Waals surface area contributed by atoms with Crippen LogP contribution in [0.2, 0.25) is 0 Å². The lowest BCUT2D eigenvalue weighted by atomic mass is 10.1. The maximum absolute atomic E-state index is 12.9. The van der Waals surface area contributed by atoms with Crippen molar-refractivity contribution in [1.82, 2.24) is 4.90 Å². The molecule has 1 saturated heterocycles. The molecule has 5 rings (SSSR count). The van der Waals surface area contributed by atoms with Crippen LogP contribution in [-0.2, 0) is 4.79 Å². The van der Waals surface area contributed by atoms with Gasteiger partial charge in [-0.05, 0) is 71.4 Å². The quantitative estimate of drug-likeness (QED) is 0.105. The van der Waals surface area contributed by atoms with Crippen molar-refractivity contribution in [3.63, 3.8) is 0 Å². The Morgan fingerprint density at radius 2 is 1.68 bits per heavy atom. The molecule has 0 spiro atoms. The highest BCUT2D eigenvalue weighted by Gasteiger charge is 2.34. The molecule has 1 aliphatic heterocycles. The summed E-state index contributed by atoms with van der Waals surface area (Å²) >= 11 is 2.68. The number of carbonyl (C=O) groups is 2. The number of methoxy groups -OCH3 is 1. The molecule has 0 aromatic heterocycles. The summed E-state index contributed by atoms with van der Waals surface area (Å²) in [5.74, 6) is 2.34. The SMILES string of the molecule is COc1cc(/C=C2\SC(=O)N(CCOc3ccc(C)cc3)C2=O)ccc1OCCSc1cccc2ccccc12. The van der Waals surface area contributed by atoms with Crippen molar-refractivity contribution in [1.29, 1.82) is 0 Å². The summed E-state index contributed by atoms with van der Waals surface area (Å²) in [5, 5.41) is 2.15. The molecule has 8 heteroatoms. The summed E-state index contributed by atoms with van der Waals surface area (Å²) in [7, 11) is 1.58. The lowest BCUT2D eigenvalue weighted by Crippen LogP contribution is -2.32. The van der Waals surface area contributed by atoms with Crippen molar-refractivity contribution < 1.29 is 23.8 Å². The maximum atomic E-state index is 12.9. The molecule has 0 bridgehead atoms. The number of amides is 2. The number of ether oxygens (including phenoxy) is 3. The van der Waals surface area contributed by atoms with E-state index in [-0.39, 0.29) is 24.3 Å². The number of fused-ring (bicyclic) bond motifs is 1. The zero-order valence-electron chi connectivity index (χ0n) is 22.3. The van der Waals surface area contributed by atoms with E-state index in [4.69, 9.17) is 14.2 Å². The van der Waals surface area contributed by atoms with Crippen molar-refractivity contribution in [3.8, 4) is 17.2 Å². The zero-order valence-corrected chi connectivity index (χ0v) is 23.9. The van der Waals surface area contributed by atoms with Gasteiger partial charge in [-0.3, -0.25) is 14.5 Å². The summed E-state index contributed by atoms with van der Waals surface area (Å²) < 4.78 is 17.3. The Bertz CT molecular complexity index is 1550. The Labute approximate surface area is 242 Å². The van der Waals surface area contributed by atoms with Crippen molar-refractivity contribution in [3.05, 3.63) is 101 Å². The minimum Gasteiger partial charge on any atom is -0.493 e. The minimum atomic E-state index is -0.327. The molecule has 4 aromatic rings. The van der Waals surface area contributed by atoms with Crippen molar-refractivity contribution in [2.75, 3.05) is 32.6 Å². The molecule has 0 saturated carbocycles. The molecule has 0 atom stereocenters. The number of nitrogens with zero attached hydrogens (tertiary/aromatic N) is 1. The minimum absolute atomic E-state index is 0.183. The number of hydrogen-bond acceptors (Lipinski definition) is 7. The standard InChI is InChI=1S/C32H29NO5S2/c1-22-10-13-25(14-11-22)37-17-16-33-31(34)30(40-32(33)35)21-23-12-15-27(28(20-23)36-2)38-18-19-39-29-9-5-7-24-6-3-4-8-26(24)29/h3-15,20-21H,16-19H2,1-2H3/b30-21-. The van der Waals surface area contributed by atoms with Crippen molar-refractivity contribution in [2.24, 2.45) is 0 Å². The van der Waals surface area contributed by atoms with Gasteiger partial charge in [0.15, 0.2) is 11.5 Å². The van der Waals surface area contributed by atoms with E-state index in [1.165, 1.54) is 20.6 Å². The van der Waals surface area contributed by atoms with Gasteiger partial charge in [0.1, 0.15) is 12.4 Å². The topological polar surface area (TPSA) is 65.1 Å². The lowest BCUT2D eigenvalue weighted by molar-refractivity contribution is -0.123. The predicted molar refractivity (Wildman–Crippen MR) is 163 cm³/mol. The van der Waals surface area contributed by atoms with Crippen LogP contribution < -0.4 is 14.2 Å². The van der Waals surface area contributed by atoms with Crippen LogP contribution in [0.3, 0.4) is 0 Å². The van der Waals surface area contributed by atoms with E-state index < -0.39 is 0 Å². The van der Waals surface area contributed by atoms with Crippen LogP contribution in [-0.4, -0.2) is 48.7 Å². The second-order valence-corrected chi connectivity index (χ2v) is 11.2. The molecule has 0 unspecified atom stereocenters. The summed E-state index contributed by atoms with van der Waals surface area (Å²) in [5.41, 5.74) is 1.88. The smallest absolute Gasteiger partial charge is 0.293 e. The van der Waals surface area contributed by atoms with Gasteiger partial charge in [-0.15, -0.1) is 11.8 Å². The monoisotopic (exact) mass is 571 g/mol. The van der Waals surface area contributed by atoms with Gasteiger partial charge in [0.25, 0.3) is 11.1 Å². The fourth-order valence-electron chi connectivity index (χ4n) is 4.25. The van der Waals surface area contributed by atoms with Gasteiger partial charge in [-0.25, -0.2) is 0 Å². The molecule has 1 aliphatic rings. The molecular formula is C32H29NO5S2. The van der Waals surface area contributed by atoms with Crippen LogP contribution in [0.1, 0.15) is 11.1 Å². The normalized spacial score (nSPS) is 14.2. The fraction of sp³-hybridized carbons (Fsp3) is 0.188. The average molecular weight is 572 g/mol. The first-order chi connectivity index (χ1) is 19.5. The fourth-order valence-corrected chi connectivity index (χ4v) is 6.02. The number of hydrogen-bond donors (Lipinski definition) is 0. The highest BCUT2D eigenvalue weighted by Crippen LogP contribution is 2.35. The predicted octanol–water partition coefficient (Wildman–Crippen LogP) is 7.44. The highest BCUT2D eigenvalue weighted by molar-refractivity contribution is 8.18. The summed E-state index contributed by atoms with van der Waals surface area (Å²) in [6, 6.07) is 27.8. The first kappa shape index (κ1) is 27.7. The Balaban J connectivity index is 1.16. The van der Waals surface area contributed by atoms with Crippen molar-refractivity contribution in [2.45, 2.75) is 11.8 Å². The lowest BCUT2D eigenvalue weighted by Gasteiger charge is -2.13. The Kier molecular flexibility index (Phi) is 8.98. The van der Waals surface area contributed by atoms with Crippen molar-refractivity contribution >= 4 is 51.5 Å². The van der Waals surface area contributed by atoms with Crippen LogP contribution in [0.15, 0.2) is 94.7 Å². The third kappa shape index (κ3) is 6.63. The van der Waals surface area contributed by atoms with Gasteiger partial charge < -0.3 is 14.2 Å². The van der Waals surface area contributed by atoms with Crippen LogP contribution in [0, 0.1) is 6.92 Å². The van der Waals surface area contributed by atoms with E-state index in [9.17, 15) is 9.59 Å². The molecule has 0 N–H and O–H groups in total. The molecule has 40 heavy (non-hydrogen) atoms. The molecule has 2 amide bonds. The van der Waals surface area contributed by atoms with E-state index in [1.807, 2.05) is 55.5 Å². The Morgan fingerprint density at radius 1 is 0.875 bits per heavy atom. The Morgan fingerprint density at radius 3 is 2.50 bits per heavy atom. The van der Waals surface area contributed by atoms with E-state index in [2.05, 4.69) is 36.4 Å². The molecule has 204 valence electrons. The third-order valence-corrected chi connectivity index (χ3v) is 8.26. The number of carbonyl (C=O) groups excluding carboxylic acids is 2. The second kappa shape index (κ2) is 13.0. The van der Waals surface area contributed by atoms with Gasteiger partial charge >= 0.3 is 0 Å². The molecule has 6 nitrogen and oxygen atoms in total. The third-order valence-electron chi connectivity index (χ3n) is 6.31. The van der Waals surface area contributed by atoms with Gasteiger partial charge in [-0.1, -0.05) is 60.2 Å². The van der Waals surface area contributed by atoms with Gasteiger partial charge in [0.2, 0.25) is 0 Å². The maximum Gasteiger partial charge on any atom is 0.293 e. The second-order valence-electron chi connectivity index (χ2n) is 9.08. The average Bonchev–Trinajstić information content (AvgIpc) is 3.24. The first-order valence-corrected chi connectivity index (χ1v) is 14.7. The highest BCUT2D eigenvalue weighted by atomic mass is 32.2. The van der Waals surface area contributed by atoms with Crippen LogP contribution in [0.4, 0.5) is 4.79 Å². The van der Waals surface area contributed by atoms with E-state index >= 15 is 0 Å². The molecular weight excluding hydrogens is 542 g/mol. The van der Waals surface area contributed by atoms with E-state index in [0.29, 0.717) is 28.8 Å². The number of imide groups is 1. The van der Waals surface area contributed by atoms with Crippen LogP contribution in [0.25, 0.3) is 16.8 Å².